The largest absolute Gasteiger partial charge is 0.339 e. The highest BCUT2D eigenvalue weighted by molar-refractivity contribution is 6.05. The van der Waals surface area contributed by atoms with Gasteiger partial charge in [0.15, 0.2) is 0 Å². The summed E-state index contributed by atoms with van der Waals surface area (Å²) in [6.07, 6.45) is 5.12. The van der Waals surface area contributed by atoms with Crippen LogP contribution < -0.4 is 10.4 Å². The van der Waals surface area contributed by atoms with Gasteiger partial charge in [-0.3, -0.25) is 24.6 Å². The Morgan fingerprint density at radius 3 is 2.28 bits per heavy atom. The molecule has 0 bridgehead atoms. The number of hydrogen-bond donors (Lipinski definition) is 1. The van der Waals surface area contributed by atoms with Gasteiger partial charge in [0.05, 0.1) is 23.9 Å². The fourth-order valence-corrected chi connectivity index (χ4v) is 4.99. The number of hydrazine groups is 1. The maximum atomic E-state index is 13.2. The van der Waals surface area contributed by atoms with E-state index < -0.39 is 5.92 Å². The van der Waals surface area contributed by atoms with Gasteiger partial charge in [0.2, 0.25) is 17.7 Å². The van der Waals surface area contributed by atoms with Crippen molar-refractivity contribution in [3.05, 3.63) is 77.6 Å². The van der Waals surface area contributed by atoms with Crippen molar-refractivity contribution in [2.75, 3.05) is 31.2 Å². The molecule has 3 aliphatic rings. The van der Waals surface area contributed by atoms with E-state index in [0.717, 1.165) is 5.56 Å². The molecule has 36 heavy (non-hydrogen) atoms. The van der Waals surface area contributed by atoms with Gasteiger partial charge in [-0.2, -0.15) is 0 Å². The minimum Gasteiger partial charge on any atom is -0.339 e. The first kappa shape index (κ1) is 23.7. The number of piperazine rings is 1. The maximum absolute atomic E-state index is 13.2. The van der Waals surface area contributed by atoms with Gasteiger partial charge in [-0.25, -0.2) is 9.40 Å². The lowest BCUT2D eigenvalue weighted by molar-refractivity contribution is -0.140. The predicted octanol–water partition coefficient (Wildman–Crippen LogP) is 2.31. The standard InChI is InChI=1S/C27H27FN4O4/c28-20-10-8-18(9-11-20)16-24(33)30-12-14-31(15-13-30)26(35)19-4-3-5-21(17-19)32-27(36)23-7-2-1-6-22(23)25(34)29-32/h1-5,8-11,17,22-23H,6-7,12-16H2,(H,29,34). The third-order valence-electron chi connectivity index (χ3n) is 7.07. The number of amides is 4. The molecule has 186 valence electrons. The second kappa shape index (κ2) is 9.93. The van der Waals surface area contributed by atoms with Gasteiger partial charge in [0.1, 0.15) is 5.82 Å². The van der Waals surface area contributed by atoms with E-state index in [1.165, 1.54) is 17.1 Å². The van der Waals surface area contributed by atoms with Crippen molar-refractivity contribution >= 4 is 29.3 Å². The summed E-state index contributed by atoms with van der Waals surface area (Å²) < 4.78 is 13.1. The molecule has 9 heteroatoms. The van der Waals surface area contributed by atoms with E-state index in [-0.39, 0.29) is 41.8 Å². The van der Waals surface area contributed by atoms with Crippen molar-refractivity contribution in [1.82, 2.24) is 15.2 Å². The second-order valence-corrected chi connectivity index (χ2v) is 9.33. The summed E-state index contributed by atoms with van der Waals surface area (Å²) in [6, 6.07) is 12.5. The van der Waals surface area contributed by atoms with Gasteiger partial charge in [-0.15, -0.1) is 0 Å². The maximum Gasteiger partial charge on any atom is 0.254 e. The number of anilines is 1. The Kier molecular flexibility index (Phi) is 6.54. The first-order valence-electron chi connectivity index (χ1n) is 12.1. The van der Waals surface area contributed by atoms with Gasteiger partial charge >= 0.3 is 0 Å². The quantitative estimate of drug-likeness (QED) is 0.667. The molecule has 2 aromatic rings. The molecule has 2 fully saturated rings. The van der Waals surface area contributed by atoms with Crippen LogP contribution in [0.1, 0.15) is 28.8 Å². The molecule has 4 amide bonds. The summed E-state index contributed by atoms with van der Waals surface area (Å²) in [7, 11) is 0. The average molecular weight is 491 g/mol. The van der Waals surface area contributed by atoms with Crippen molar-refractivity contribution in [1.29, 1.82) is 0 Å². The molecular weight excluding hydrogens is 463 g/mol. The number of halogens is 1. The Hall–Kier alpha value is -4.01. The Labute approximate surface area is 208 Å². The fraction of sp³-hybridized carbons (Fsp3) is 0.333. The number of carbonyl (C=O) groups excluding carboxylic acids is 4. The number of allylic oxidation sites excluding steroid dienone is 2. The summed E-state index contributed by atoms with van der Waals surface area (Å²) >= 11 is 0. The third-order valence-corrected chi connectivity index (χ3v) is 7.07. The molecule has 2 atom stereocenters. The van der Waals surface area contributed by atoms with Crippen LogP contribution in [0.3, 0.4) is 0 Å². The molecule has 2 unspecified atom stereocenters. The van der Waals surface area contributed by atoms with E-state index in [1.807, 2.05) is 12.2 Å². The Bertz CT molecular complexity index is 1220. The molecule has 1 N–H and O–H groups in total. The van der Waals surface area contributed by atoms with E-state index in [0.29, 0.717) is 50.3 Å². The van der Waals surface area contributed by atoms with Gasteiger partial charge in [0, 0.05) is 31.7 Å². The van der Waals surface area contributed by atoms with Crippen LogP contribution in [-0.4, -0.2) is 59.6 Å². The van der Waals surface area contributed by atoms with E-state index in [9.17, 15) is 23.6 Å². The molecule has 5 rings (SSSR count). The van der Waals surface area contributed by atoms with E-state index in [1.54, 1.807) is 46.2 Å². The van der Waals surface area contributed by atoms with Crippen molar-refractivity contribution in [3.63, 3.8) is 0 Å². The van der Waals surface area contributed by atoms with Crippen LogP contribution in [0.4, 0.5) is 10.1 Å². The molecule has 2 aliphatic heterocycles. The van der Waals surface area contributed by atoms with Crippen LogP contribution in [0.25, 0.3) is 0 Å². The van der Waals surface area contributed by atoms with Crippen molar-refractivity contribution in [2.24, 2.45) is 11.8 Å². The number of fused-ring (bicyclic) bond motifs is 1. The van der Waals surface area contributed by atoms with Gasteiger partial charge in [0.25, 0.3) is 5.91 Å². The number of rotatable bonds is 4. The Morgan fingerprint density at radius 1 is 0.889 bits per heavy atom. The van der Waals surface area contributed by atoms with Crippen LogP contribution >= 0.6 is 0 Å². The van der Waals surface area contributed by atoms with E-state index >= 15 is 0 Å². The monoisotopic (exact) mass is 490 g/mol. The van der Waals surface area contributed by atoms with E-state index in [2.05, 4.69) is 5.43 Å². The number of hydrogen-bond acceptors (Lipinski definition) is 4. The molecule has 0 radical (unpaired) electrons. The highest BCUT2D eigenvalue weighted by Crippen LogP contribution is 2.32. The molecule has 2 saturated heterocycles. The topological polar surface area (TPSA) is 90.0 Å². The Morgan fingerprint density at radius 2 is 1.56 bits per heavy atom. The number of nitrogens with one attached hydrogen (secondary N) is 1. The minimum atomic E-state index is -0.399. The average Bonchev–Trinajstić information content (AvgIpc) is 2.92. The molecule has 0 saturated carbocycles. The summed E-state index contributed by atoms with van der Waals surface area (Å²) in [4.78, 5) is 54.9. The van der Waals surface area contributed by atoms with Gasteiger partial charge in [-0.05, 0) is 48.7 Å². The molecular formula is C27H27FN4O4. The zero-order valence-corrected chi connectivity index (χ0v) is 19.7. The van der Waals surface area contributed by atoms with Crippen LogP contribution in [-0.2, 0) is 20.8 Å². The smallest absolute Gasteiger partial charge is 0.254 e. The SMILES string of the molecule is O=C1NN(c2cccc(C(=O)N3CCN(C(=O)Cc4ccc(F)cc4)CC3)c2)C(=O)C2CC=CCC12. The number of benzene rings is 2. The zero-order chi connectivity index (χ0) is 25.2. The first-order chi connectivity index (χ1) is 17.4. The molecule has 2 heterocycles. The third kappa shape index (κ3) is 4.73. The molecule has 1 aliphatic carbocycles. The fourth-order valence-electron chi connectivity index (χ4n) is 4.99. The highest BCUT2D eigenvalue weighted by Gasteiger charge is 2.42. The lowest BCUT2D eigenvalue weighted by Crippen LogP contribution is -2.59. The van der Waals surface area contributed by atoms with Gasteiger partial charge < -0.3 is 9.80 Å². The number of nitrogens with zero attached hydrogens (tertiary/aromatic N) is 3. The molecule has 8 nitrogen and oxygen atoms in total. The highest BCUT2D eigenvalue weighted by atomic mass is 19.1. The van der Waals surface area contributed by atoms with Gasteiger partial charge in [-0.1, -0.05) is 30.4 Å². The van der Waals surface area contributed by atoms with Crippen LogP contribution in [0.2, 0.25) is 0 Å². The summed E-state index contributed by atoms with van der Waals surface area (Å²) in [5, 5.41) is 1.26. The first-order valence-corrected chi connectivity index (χ1v) is 12.1. The van der Waals surface area contributed by atoms with Crippen molar-refractivity contribution in [3.8, 4) is 0 Å². The molecule has 0 spiro atoms. The van der Waals surface area contributed by atoms with Crippen molar-refractivity contribution < 1.29 is 23.6 Å². The number of carbonyl (C=O) groups is 4. The lowest BCUT2D eigenvalue weighted by Gasteiger charge is -2.38. The summed E-state index contributed by atoms with van der Waals surface area (Å²) in [5.41, 5.74) is 4.29. The van der Waals surface area contributed by atoms with Crippen LogP contribution in [0.5, 0.6) is 0 Å². The normalized spacial score (nSPS) is 21.8. The molecule has 2 aromatic carbocycles. The van der Waals surface area contributed by atoms with Crippen LogP contribution in [0, 0.1) is 17.7 Å². The predicted molar refractivity (Wildman–Crippen MR) is 130 cm³/mol. The second-order valence-electron chi connectivity index (χ2n) is 9.33. The van der Waals surface area contributed by atoms with Crippen molar-refractivity contribution in [2.45, 2.75) is 19.3 Å². The molecule has 0 aromatic heterocycles. The summed E-state index contributed by atoms with van der Waals surface area (Å²) in [6.45, 7) is 1.58. The minimum absolute atomic E-state index is 0.0640. The summed E-state index contributed by atoms with van der Waals surface area (Å²) in [5.74, 6) is -1.73. The van der Waals surface area contributed by atoms with Crippen LogP contribution in [0.15, 0.2) is 60.7 Å². The Balaban J connectivity index is 1.22. The zero-order valence-electron chi connectivity index (χ0n) is 19.7. The lowest BCUT2D eigenvalue weighted by atomic mass is 9.80. The van der Waals surface area contributed by atoms with E-state index in [4.69, 9.17) is 0 Å².